The van der Waals surface area contributed by atoms with Crippen LogP contribution in [-0.4, -0.2) is 16.1 Å². The zero-order chi connectivity index (χ0) is 13.1. The molecule has 0 saturated heterocycles. The van der Waals surface area contributed by atoms with Gasteiger partial charge in [0, 0.05) is 5.38 Å². The number of anilines is 1. The average Bonchev–Trinajstić information content (AvgIpc) is 2.83. The van der Waals surface area contributed by atoms with Gasteiger partial charge in [-0.05, 0) is 12.1 Å². The maximum Gasteiger partial charge on any atom is 0.338 e. The Morgan fingerprint density at radius 1 is 1.39 bits per heavy atom. The van der Waals surface area contributed by atoms with Gasteiger partial charge in [0.05, 0.1) is 29.0 Å². The van der Waals surface area contributed by atoms with Gasteiger partial charge in [0.2, 0.25) is 0 Å². The highest BCUT2D eigenvalue weighted by molar-refractivity contribution is 7.07. The summed E-state index contributed by atoms with van der Waals surface area (Å²) in [5.74, 6) is -4.08. The van der Waals surface area contributed by atoms with E-state index in [4.69, 9.17) is 5.11 Å². The summed E-state index contributed by atoms with van der Waals surface area (Å²) in [5, 5.41) is 13.1. The zero-order valence-corrected chi connectivity index (χ0v) is 9.80. The van der Waals surface area contributed by atoms with Gasteiger partial charge in [0.15, 0.2) is 11.6 Å². The Hall–Kier alpha value is -2.02. The number of aromatic carboxylic acids is 1. The SMILES string of the molecule is O=C(O)c1ccc(NCc2cscn2)c(F)c1F. The first kappa shape index (κ1) is 12.4. The van der Waals surface area contributed by atoms with Crippen LogP contribution in [0.4, 0.5) is 14.5 Å². The molecule has 7 heteroatoms. The minimum absolute atomic E-state index is 0.0921. The van der Waals surface area contributed by atoms with Crippen molar-refractivity contribution >= 4 is 23.0 Å². The lowest BCUT2D eigenvalue weighted by atomic mass is 10.2. The van der Waals surface area contributed by atoms with E-state index in [-0.39, 0.29) is 12.2 Å². The molecule has 0 aliphatic rings. The molecule has 0 saturated carbocycles. The second kappa shape index (κ2) is 5.09. The van der Waals surface area contributed by atoms with Gasteiger partial charge in [0.1, 0.15) is 0 Å². The van der Waals surface area contributed by atoms with E-state index in [1.54, 1.807) is 10.9 Å². The number of thiazole rings is 1. The van der Waals surface area contributed by atoms with Gasteiger partial charge >= 0.3 is 5.97 Å². The molecule has 2 rings (SSSR count). The van der Waals surface area contributed by atoms with Crippen molar-refractivity contribution in [2.45, 2.75) is 6.54 Å². The van der Waals surface area contributed by atoms with Gasteiger partial charge in [-0.15, -0.1) is 11.3 Å². The van der Waals surface area contributed by atoms with Gasteiger partial charge in [-0.1, -0.05) is 0 Å². The second-order valence-electron chi connectivity index (χ2n) is 3.43. The summed E-state index contributed by atoms with van der Waals surface area (Å²) in [6, 6.07) is 2.21. The van der Waals surface area contributed by atoms with Crippen molar-refractivity contribution in [3.63, 3.8) is 0 Å². The normalized spacial score (nSPS) is 10.3. The summed E-state index contributed by atoms with van der Waals surface area (Å²) in [6.07, 6.45) is 0. The number of carbonyl (C=O) groups is 1. The van der Waals surface area contributed by atoms with Crippen LogP contribution < -0.4 is 5.32 Å². The van der Waals surface area contributed by atoms with E-state index in [1.807, 2.05) is 0 Å². The van der Waals surface area contributed by atoms with E-state index < -0.39 is 23.2 Å². The molecule has 2 N–H and O–H groups in total. The molecule has 0 spiro atoms. The van der Waals surface area contributed by atoms with E-state index in [2.05, 4.69) is 10.3 Å². The Kier molecular flexibility index (Phi) is 3.52. The van der Waals surface area contributed by atoms with Crippen LogP contribution in [-0.2, 0) is 6.54 Å². The molecular weight excluding hydrogens is 262 g/mol. The first-order valence-electron chi connectivity index (χ1n) is 4.92. The number of rotatable bonds is 4. The number of hydrogen-bond donors (Lipinski definition) is 2. The van der Waals surface area contributed by atoms with E-state index in [1.165, 1.54) is 17.4 Å². The van der Waals surface area contributed by atoms with Crippen molar-refractivity contribution in [2.75, 3.05) is 5.32 Å². The maximum atomic E-state index is 13.5. The Morgan fingerprint density at radius 2 is 2.17 bits per heavy atom. The lowest BCUT2D eigenvalue weighted by Crippen LogP contribution is -2.07. The minimum atomic E-state index is -1.50. The molecule has 0 atom stereocenters. The fourth-order valence-electron chi connectivity index (χ4n) is 1.36. The van der Waals surface area contributed by atoms with Gasteiger partial charge in [-0.2, -0.15) is 0 Å². The maximum absolute atomic E-state index is 13.5. The summed E-state index contributed by atoms with van der Waals surface area (Å²) in [5.41, 5.74) is 1.54. The summed E-state index contributed by atoms with van der Waals surface area (Å²) in [4.78, 5) is 14.6. The number of carboxylic acid groups (broad SMARTS) is 1. The summed E-state index contributed by atoms with van der Waals surface area (Å²) in [6.45, 7) is 0.242. The Balaban J connectivity index is 2.19. The summed E-state index contributed by atoms with van der Waals surface area (Å²) in [7, 11) is 0. The first-order chi connectivity index (χ1) is 8.59. The molecule has 2 aromatic rings. The fraction of sp³-hybridized carbons (Fsp3) is 0.0909. The average molecular weight is 270 g/mol. The number of benzene rings is 1. The van der Waals surface area contributed by atoms with Crippen molar-refractivity contribution in [3.8, 4) is 0 Å². The smallest absolute Gasteiger partial charge is 0.338 e. The molecule has 0 amide bonds. The van der Waals surface area contributed by atoms with Crippen molar-refractivity contribution < 1.29 is 18.7 Å². The van der Waals surface area contributed by atoms with Crippen LogP contribution in [0.5, 0.6) is 0 Å². The molecule has 1 aromatic carbocycles. The molecule has 0 aliphatic carbocycles. The van der Waals surface area contributed by atoms with Gasteiger partial charge in [-0.25, -0.2) is 18.6 Å². The van der Waals surface area contributed by atoms with Crippen molar-refractivity contribution in [2.24, 2.45) is 0 Å². The Labute approximate surface area is 105 Å². The largest absolute Gasteiger partial charge is 0.478 e. The third-order valence-electron chi connectivity index (χ3n) is 2.26. The van der Waals surface area contributed by atoms with Crippen LogP contribution in [0.1, 0.15) is 16.1 Å². The summed E-state index contributed by atoms with van der Waals surface area (Å²) >= 11 is 1.39. The monoisotopic (exact) mass is 270 g/mol. The van der Waals surface area contributed by atoms with Gasteiger partial charge in [0.25, 0.3) is 0 Å². The molecule has 1 heterocycles. The molecule has 0 bridgehead atoms. The minimum Gasteiger partial charge on any atom is -0.478 e. The van der Waals surface area contributed by atoms with Crippen LogP contribution in [0.3, 0.4) is 0 Å². The first-order valence-corrected chi connectivity index (χ1v) is 5.86. The van der Waals surface area contributed by atoms with E-state index in [0.29, 0.717) is 5.69 Å². The van der Waals surface area contributed by atoms with E-state index in [0.717, 1.165) is 6.07 Å². The number of hydrogen-bond acceptors (Lipinski definition) is 4. The Bertz CT molecular complexity index is 573. The van der Waals surface area contributed by atoms with Crippen molar-refractivity contribution in [3.05, 3.63) is 45.9 Å². The number of nitrogens with one attached hydrogen (secondary N) is 1. The quantitative estimate of drug-likeness (QED) is 0.896. The zero-order valence-electron chi connectivity index (χ0n) is 8.98. The highest BCUT2D eigenvalue weighted by Gasteiger charge is 2.17. The number of nitrogens with zero attached hydrogens (tertiary/aromatic N) is 1. The molecule has 1 aromatic heterocycles. The molecule has 0 fully saturated rings. The summed E-state index contributed by atoms with van der Waals surface area (Å²) < 4.78 is 26.9. The van der Waals surface area contributed by atoms with Crippen LogP contribution in [0.25, 0.3) is 0 Å². The Morgan fingerprint density at radius 3 is 2.78 bits per heavy atom. The second-order valence-corrected chi connectivity index (χ2v) is 4.15. The lowest BCUT2D eigenvalue weighted by Gasteiger charge is -2.07. The molecule has 18 heavy (non-hydrogen) atoms. The van der Waals surface area contributed by atoms with Gasteiger partial charge < -0.3 is 10.4 Å². The van der Waals surface area contributed by atoms with Crippen LogP contribution in [0.2, 0.25) is 0 Å². The third-order valence-corrected chi connectivity index (χ3v) is 2.89. The third kappa shape index (κ3) is 2.45. The van der Waals surface area contributed by atoms with E-state index >= 15 is 0 Å². The fourth-order valence-corrected chi connectivity index (χ4v) is 1.92. The number of halogens is 2. The molecule has 0 aliphatic heterocycles. The standard InChI is InChI=1S/C11H8F2N2O2S/c12-9-7(11(16)17)1-2-8(10(9)13)14-3-6-4-18-5-15-6/h1-2,4-5,14H,3H2,(H,16,17). The van der Waals surface area contributed by atoms with Gasteiger partial charge in [-0.3, -0.25) is 0 Å². The predicted octanol–water partition coefficient (Wildman–Crippen LogP) is 2.73. The van der Waals surface area contributed by atoms with E-state index in [9.17, 15) is 13.6 Å². The molecule has 4 nitrogen and oxygen atoms in total. The highest BCUT2D eigenvalue weighted by Crippen LogP contribution is 2.21. The topological polar surface area (TPSA) is 62.2 Å². The van der Waals surface area contributed by atoms with Crippen LogP contribution in [0.15, 0.2) is 23.0 Å². The molecular formula is C11H8F2N2O2S. The van der Waals surface area contributed by atoms with Crippen molar-refractivity contribution in [1.29, 1.82) is 0 Å². The van der Waals surface area contributed by atoms with Crippen LogP contribution in [0, 0.1) is 11.6 Å². The lowest BCUT2D eigenvalue weighted by molar-refractivity contribution is 0.0690. The molecule has 94 valence electrons. The van der Waals surface area contributed by atoms with Crippen molar-refractivity contribution in [1.82, 2.24) is 4.98 Å². The van der Waals surface area contributed by atoms with Crippen LogP contribution >= 0.6 is 11.3 Å². The number of aromatic nitrogens is 1. The molecule has 0 radical (unpaired) electrons. The molecule has 0 unspecified atom stereocenters. The highest BCUT2D eigenvalue weighted by atomic mass is 32.1. The predicted molar refractivity (Wildman–Crippen MR) is 62.8 cm³/mol. The number of carboxylic acids is 1.